The Morgan fingerprint density at radius 2 is 1.74 bits per heavy atom. The second kappa shape index (κ2) is 8.86. The molecule has 3 aromatic heterocycles. The standard InChI is InChI=1S/C23H22BrF3N6O/c1-12-9-13(2)32(30-12)7-8-33-15(4)21(14(3)31-33)29-22(34)18-11-20(23(25,26)27)28-19-6-5-16(24)10-17(18)19/h5-6,9-11H,7-8H2,1-4H3,(H,29,34). The van der Waals surface area contributed by atoms with Crippen LogP contribution in [0.15, 0.2) is 34.8 Å². The summed E-state index contributed by atoms with van der Waals surface area (Å²) in [4.78, 5) is 16.9. The number of halogens is 4. The molecular weight excluding hydrogens is 513 g/mol. The molecule has 11 heteroatoms. The number of nitrogens with zero attached hydrogens (tertiary/aromatic N) is 5. The average Bonchev–Trinajstić information content (AvgIpc) is 3.22. The molecule has 0 aliphatic heterocycles. The summed E-state index contributed by atoms with van der Waals surface area (Å²) in [5.41, 5.74) is 2.52. The third kappa shape index (κ3) is 4.70. The molecule has 0 bridgehead atoms. The van der Waals surface area contributed by atoms with Gasteiger partial charge >= 0.3 is 6.18 Å². The van der Waals surface area contributed by atoms with Crippen LogP contribution in [-0.2, 0) is 19.3 Å². The van der Waals surface area contributed by atoms with Crippen molar-refractivity contribution >= 4 is 38.4 Å². The Balaban J connectivity index is 1.65. The van der Waals surface area contributed by atoms with Crippen LogP contribution in [0.25, 0.3) is 10.9 Å². The Morgan fingerprint density at radius 1 is 1.03 bits per heavy atom. The number of anilines is 1. The summed E-state index contributed by atoms with van der Waals surface area (Å²) in [7, 11) is 0. The molecule has 0 saturated carbocycles. The normalized spacial score (nSPS) is 11.9. The van der Waals surface area contributed by atoms with E-state index in [1.807, 2.05) is 24.6 Å². The molecule has 1 amide bonds. The highest BCUT2D eigenvalue weighted by Gasteiger charge is 2.34. The Labute approximate surface area is 202 Å². The molecule has 7 nitrogen and oxygen atoms in total. The number of amides is 1. The molecule has 3 heterocycles. The number of carbonyl (C=O) groups is 1. The molecule has 0 atom stereocenters. The second-order valence-electron chi connectivity index (χ2n) is 8.09. The van der Waals surface area contributed by atoms with E-state index in [1.54, 1.807) is 30.7 Å². The van der Waals surface area contributed by atoms with Crippen LogP contribution >= 0.6 is 15.9 Å². The largest absolute Gasteiger partial charge is 0.433 e. The van der Waals surface area contributed by atoms with Gasteiger partial charge in [0.1, 0.15) is 5.69 Å². The molecule has 0 aliphatic carbocycles. The molecule has 0 fully saturated rings. The zero-order valence-corrected chi connectivity index (χ0v) is 20.5. The van der Waals surface area contributed by atoms with E-state index >= 15 is 0 Å². The van der Waals surface area contributed by atoms with Gasteiger partial charge in [-0.3, -0.25) is 14.2 Å². The first-order valence-electron chi connectivity index (χ1n) is 10.5. The lowest BCUT2D eigenvalue weighted by atomic mass is 10.1. The summed E-state index contributed by atoms with van der Waals surface area (Å²) in [5.74, 6) is -0.666. The number of carbonyl (C=O) groups excluding carboxylic acids is 1. The minimum absolute atomic E-state index is 0.0807. The van der Waals surface area contributed by atoms with Gasteiger partial charge in [0.25, 0.3) is 5.91 Å². The summed E-state index contributed by atoms with van der Waals surface area (Å²) in [6.45, 7) is 8.55. The quantitative estimate of drug-likeness (QED) is 0.361. The zero-order chi connectivity index (χ0) is 24.8. The lowest BCUT2D eigenvalue weighted by Crippen LogP contribution is -2.17. The van der Waals surface area contributed by atoms with Crippen molar-refractivity contribution in [2.45, 2.75) is 47.0 Å². The molecule has 178 valence electrons. The number of pyridine rings is 1. The fraction of sp³-hybridized carbons (Fsp3) is 0.304. The number of nitrogens with one attached hydrogen (secondary N) is 1. The topological polar surface area (TPSA) is 77.6 Å². The first-order valence-corrected chi connectivity index (χ1v) is 11.3. The van der Waals surface area contributed by atoms with Gasteiger partial charge < -0.3 is 5.32 Å². The second-order valence-corrected chi connectivity index (χ2v) is 9.00. The molecule has 0 radical (unpaired) electrons. The van der Waals surface area contributed by atoms with E-state index in [2.05, 4.69) is 36.4 Å². The van der Waals surface area contributed by atoms with Crippen LogP contribution in [0.3, 0.4) is 0 Å². The van der Waals surface area contributed by atoms with Gasteiger partial charge in [-0.15, -0.1) is 0 Å². The lowest BCUT2D eigenvalue weighted by molar-refractivity contribution is -0.140. The van der Waals surface area contributed by atoms with E-state index in [1.165, 1.54) is 6.07 Å². The molecule has 0 unspecified atom stereocenters. The molecule has 34 heavy (non-hydrogen) atoms. The maximum absolute atomic E-state index is 13.4. The van der Waals surface area contributed by atoms with Gasteiger partial charge in [0.05, 0.1) is 46.9 Å². The van der Waals surface area contributed by atoms with Crippen LogP contribution in [0, 0.1) is 27.7 Å². The van der Waals surface area contributed by atoms with Gasteiger partial charge in [-0.05, 0) is 58.0 Å². The van der Waals surface area contributed by atoms with Crippen LogP contribution in [0.5, 0.6) is 0 Å². The van der Waals surface area contributed by atoms with Gasteiger partial charge in [0.2, 0.25) is 0 Å². The molecule has 4 aromatic rings. The van der Waals surface area contributed by atoms with E-state index in [0.717, 1.165) is 17.5 Å². The van der Waals surface area contributed by atoms with E-state index in [0.29, 0.717) is 40.0 Å². The van der Waals surface area contributed by atoms with E-state index in [9.17, 15) is 18.0 Å². The van der Waals surface area contributed by atoms with E-state index < -0.39 is 17.8 Å². The Hall–Kier alpha value is -3.21. The van der Waals surface area contributed by atoms with Crippen LogP contribution < -0.4 is 5.32 Å². The molecule has 4 rings (SSSR count). The highest BCUT2D eigenvalue weighted by molar-refractivity contribution is 9.10. The van der Waals surface area contributed by atoms with Gasteiger partial charge in [-0.1, -0.05) is 15.9 Å². The lowest BCUT2D eigenvalue weighted by Gasteiger charge is -2.13. The van der Waals surface area contributed by atoms with Crippen LogP contribution in [0.2, 0.25) is 0 Å². The highest BCUT2D eigenvalue weighted by Crippen LogP contribution is 2.32. The average molecular weight is 535 g/mol. The van der Waals surface area contributed by atoms with Crippen LogP contribution in [0.4, 0.5) is 18.9 Å². The Kier molecular flexibility index (Phi) is 6.24. The summed E-state index contributed by atoms with van der Waals surface area (Å²) in [6.07, 6.45) is -4.68. The SMILES string of the molecule is Cc1cc(C)n(CCn2nc(C)c(NC(=O)c3cc(C(F)(F)F)nc4ccc(Br)cc34)c2C)n1. The van der Waals surface area contributed by atoms with Crippen molar-refractivity contribution in [2.75, 3.05) is 5.32 Å². The summed E-state index contributed by atoms with van der Waals surface area (Å²) in [5, 5.41) is 12.0. The van der Waals surface area contributed by atoms with Crippen molar-refractivity contribution in [3.8, 4) is 0 Å². The van der Waals surface area contributed by atoms with Crippen LogP contribution in [0.1, 0.15) is 38.8 Å². The maximum atomic E-state index is 13.4. The minimum Gasteiger partial charge on any atom is -0.319 e. The molecule has 1 aromatic carbocycles. The molecule has 0 aliphatic rings. The van der Waals surface area contributed by atoms with Crippen molar-refractivity contribution in [1.29, 1.82) is 0 Å². The molecule has 1 N–H and O–H groups in total. The van der Waals surface area contributed by atoms with Crippen molar-refractivity contribution in [3.63, 3.8) is 0 Å². The first kappa shape index (κ1) is 23.9. The summed E-state index contributed by atoms with van der Waals surface area (Å²) >= 11 is 3.31. The number of aryl methyl sites for hydroxylation is 5. The summed E-state index contributed by atoms with van der Waals surface area (Å²) < 4.78 is 44.5. The Morgan fingerprint density at radius 3 is 2.38 bits per heavy atom. The highest BCUT2D eigenvalue weighted by atomic mass is 79.9. The molecule has 0 saturated heterocycles. The van der Waals surface area contributed by atoms with Crippen LogP contribution in [-0.4, -0.2) is 30.5 Å². The van der Waals surface area contributed by atoms with E-state index in [4.69, 9.17) is 0 Å². The van der Waals surface area contributed by atoms with E-state index in [-0.39, 0.29) is 11.1 Å². The fourth-order valence-corrected chi connectivity index (χ4v) is 4.26. The fourth-order valence-electron chi connectivity index (χ4n) is 3.90. The van der Waals surface area contributed by atoms with Crippen molar-refractivity contribution in [2.24, 2.45) is 0 Å². The Bertz CT molecular complexity index is 1410. The number of fused-ring (bicyclic) bond motifs is 1. The predicted molar refractivity (Wildman–Crippen MR) is 126 cm³/mol. The first-order chi connectivity index (χ1) is 15.9. The van der Waals surface area contributed by atoms with Crippen molar-refractivity contribution < 1.29 is 18.0 Å². The number of alkyl halides is 3. The molecule has 0 spiro atoms. The van der Waals surface area contributed by atoms with Crippen molar-refractivity contribution in [1.82, 2.24) is 24.5 Å². The number of rotatable bonds is 5. The number of benzene rings is 1. The van der Waals surface area contributed by atoms with Gasteiger partial charge in [-0.25, -0.2) is 4.98 Å². The maximum Gasteiger partial charge on any atom is 0.433 e. The monoisotopic (exact) mass is 534 g/mol. The van der Waals surface area contributed by atoms with Gasteiger partial charge in [0, 0.05) is 15.6 Å². The number of hydrogen-bond donors (Lipinski definition) is 1. The summed E-state index contributed by atoms with van der Waals surface area (Å²) in [6, 6.07) is 7.37. The third-order valence-corrected chi connectivity index (χ3v) is 6.05. The minimum atomic E-state index is -4.68. The van der Waals surface area contributed by atoms with Crippen molar-refractivity contribution in [3.05, 3.63) is 68.8 Å². The molecular formula is C23H22BrF3N6O. The predicted octanol–water partition coefficient (Wildman–Crippen LogP) is 5.60. The zero-order valence-electron chi connectivity index (χ0n) is 19.0. The smallest absolute Gasteiger partial charge is 0.319 e. The number of aromatic nitrogens is 5. The number of hydrogen-bond acceptors (Lipinski definition) is 4. The third-order valence-electron chi connectivity index (χ3n) is 5.55. The van der Waals surface area contributed by atoms with Gasteiger partial charge in [0.15, 0.2) is 0 Å². The van der Waals surface area contributed by atoms with Gasteiger partial charge in [-0.2, -0.15) is 23.4 Å².